The van der Waals surface area contributed by atoms with Gasteiger partial charge in [-0.05, 0) is 17.0 Å². The molecule has 17 heavy (non-hydrogen) atoms. The molecular formula is C13H10N2OS. The summed E-state index contributed by atoms with van der Waals surface area (Å²) in [6.07, 6.45) is 0.679. The lowest BCUT2D eigenvalue weighted by Gasteiger charge is -1.94. The Morgan fingerprint density at radius 3 is 2.71 bits per heavy atom. The van der Waals surface area contributed by atoms with E-state index in [1.54, 1.807) is 11.3 Å². The molecule has 3 aromatic rings. The van der Waals surface area contributed by atoms with E-state index in [1.807, 2.05) is 35.0 Å². The van der Waals surface area contributed by atoms with Crippen molar-refractivity contribution in [1.29, 1.82) is 0 Å². The van der Waals surface area contributed by atoms with Gasteiger partial charge in [0.2, 0.25) is 11.8 Å². The van der Waals surface area contributed by atoms with E-state index < -0.39 is 0 Å². The first kappa shape index (κ1) is 10.2. The van der Waals surface area contributed by atoms with Crippen LogP contribution in [-0.2, 0) is 6.42 Å². The first-order chi connectivity index (χ1) is 8.42. The third-order valence-electron chi connectivity index (χ3n) is 2.43. The zero-order valence-corrected chi connectivity index (χ0v) is 9.85. The van der Waals surface area contributed by atoms with Crippen molar-refractivity contribution in [3.63, 3.8) is 0 Å². The van der Waals surface area contributed by atoms with Crippen LogP contribution in [0, 0.1) is 0 Å². The summed E-state index contributed by atoms with van der Waals surface area (Å²) in [6, 6.07) is 12.1. The molecule has 0 spiro atoms. The molecule has 0 bridgehead atoms. The van der Waals surface area contributed by atoms with Crippen molar-refractivity contribution in [3.05, 3.63) is 58.6 Å². The van der Waals surface area contributed by atoms with Crippen LogP contribution in [0.2, 0.25) is 0 Å². The lowest BCUT2D eigenvalue weighted by molar-refractivity contribution is 0.518. The van der Waals surface area contributed by atoms with Gasteiger partial charge in [0.05, 0.1) is 6.42 Å². The van der Waals surface area contributed by atoms with Crippen molar-refractivity contribution in [2.75, 3.05) is 0 Å². The van der Waals surface area contributed by atoms with Crippen LogP contribution in [0.25, 0.3) is 11.5 Å². The standard InChI is InChI=1S/C13H10N2OS/c1-2-4-10(5-3-1)8-12-14-15-13(16-12)11-6-7-17-9-11/h1-7,9H,8H2. The van der Waals surface area contributed by atoms with Gasteiger partial charge in [0.1, 0.15) is 0 Å². The number of nitrogens with zero attached hydrogens (tertiary/aromatic N) is 2. The number of thiophene rings is 1. The van der Waals surface area contributed by atoms with Gasteiger partial charge in [0, 0.05) is 10.9 Å². The molecule has 0 saturated heterocycles. The predicted molar refractivity (Wildman–Crippen MR) is 66.9 cm³/mol. The van der Waals surface area contributed by atoms with Crippen LogP contribution in [0.15, 0.2) is 51.6 Å². The minimum absolute atomic E-state index is 0.595. The molecule has 0 amide bonds. The molecule has 0 saturated carbocycles. The molecule has 0 radical (unpaired) electrons. The Morgan fingerprint density at radius 1 is 1.06 bits per heavy atom. The molecule has 0 N–H and O–H groups in total. The summed E-state index contributed by atoms with van der Waals surface area (Å²) in [5.41, 5.74) is 2.16. The molecule has 1 aromatic carbocycles. The average Bonchev–Trinajstić information content (AvgIpc) is 3.00. The van der Waals surface area contributed by atoms with E-state index >= 15 is 0 Å². The molecule has 2 heterocycles. The molecule has 2 aromatic heterocycles. The van der Waals surface area contributed by atoms with Crippen LogP contribution in [0.3, 0.4) is 0 Å². The maximum absolute atomic E-state index is 5.62. The zero-order chi connectivity index (χ0) is 11.5. The van der Waals surface area contributed by atoms with E-state index in [0.717, 1.165) is 5.56 Å². The van der Waals surface area contributed by atoms with Crippen molar-refractivity contribution < 1.29 is 4.42 Å². The van der Waals surface area contributed by atoms with Crippen molar-refractivity contribution in [3.8, 4) is 11.5 Å². The van der Waals surface area contributed by atoms with Crippen molar-refractivity contribution in [2.24, 2.45) is 0 Å². The van der Waals surface area contributed by atoms with Gasteiger partial charge < -0.3 is 4.42 Å². The minimum atomic E-state index is 0.595. The Labute approximate surface area is 103 Å². The van der Waals surface area contributed by atoms with Crippen LogP contribution < -0.4 is 0 Å². The highest BCUT2D eigenvalue weighted by Gasteiger charge is 2.08. The summed E-state index contributed by atoms with van der Waals surface area (Å²) < 4.78 is 5.62. The van der Waals surface area contributed by atoms with E-state index in [1.165, 1.54) is 5.56 Å². The highest BCUT2D eigenvalue weighted by Crippen LogP contribution is 2.21. The van der Waals surface area contributed by atoms with Gasteiger partial charge in [-0.3, -0.25) is 0 Å². The second-order valence-electron chi connectivity index (χ2n) is 3.68. The zero-order valence-electron chi connectivity index (χ0n) is 9.04. The third kappa shape index (κ3) is 2.26. The second kappa shape index (κ2) is 4.51. The second-order valence-corrected chi connectivity index (χ2v) is 4.46. The molecule has 0 fully saturated rings. The molecule has 4 heteroatoms. The molecule has 3 rings (SSSR count). The van der Waals surface area contributed by atoms with E-state index in [2.05, 4.69) is 22.3 Å². The van der Waals surface area contributed by atoms with Crippen LogP contribution in [0.1, 0.15) is 11.5 Å². The summed E-state index contributed by atoms with van der Waals surface area (Å²) in [7, 11) is 0. The Bertz CT molecular complexity index is 587. The molecule has 0 aliphatic carbocycles. The summed E-state index contributed by atoms with van der Waals surface area (Å²) in [4.78, 5) is 0. The highest BCUT2D eigenvalue weighted by molar-refractivity contribution is 7.08. The summed E-state index contributed by atoms with van der Waals surface area (Å²) in [6.45, 7) is 0. The number of benzene rings is 1. The fourth-order valence-corrected chi connectivity index (χ4v) is 2.23. The monoisotopic (exact) mass is 242 g/mol. The van der Waals surface area contributed by atoms with Crippen LogP contribution in [0.4, 0.5) is 0 Å². The molecule has 84 valence electrons. The molecule has 0 unspecified atom stereocenters. The van der Waals surface area contributed by atoms with Gasteiger partial charge in [-0.2, -0.15) is 11.3 Å². The van der Waals surface area contributed by atoms with E-state index in [9.17, 15) is 0 Å². The topological polar surface area (TPSA) is 38.9 Å². The van der Waals surface area contributed by atoms with Gasteiger partial charge in [-0.1, -0.05) is 30.3 Å². The maximum atomic E-state index is 5.62. The van der Waals surface area contributed by atoms with Crippen molar-refractivity contribution in [1.82, 2.24) is 10.2 Å². The van der Waals surface area contributed by atoms with Crippen LogP contribution in [0.5, 0.6) is 0 Å². The van der Waals surface area contributed by atoms with Crippen LogP contribution >= 0.6 is 11.3 Å². The molecule has 3 nitrogen and oxygen atoms in total. The van der Waals surface area contributed by atoms with E-state index in [0.29, 0.717) is 18.2 Å². The molecule has 0 atom stereocenters. The summed E-state index contributed by atoms with van der Waals surface area (Å²) in [5, 5.41) is 12.1. The lowest BCUT2D eigenvalue weighted by atomic mass is 10.2. The van der Waals surface area contributed by atoms with E-state index in [-0.39, 0.29) is 0 Å². The molecule has 0 aliphatic rings. The highest BCUT2D eigenvalue weighted by atomic mass is 32.1. The first-order valence-corrected chi connectivity index (χ1v) is 6.25. The maximum Gasteiger partial charge on any atom is 0.248 e. The Kier molecular flexibility index (Phi) is 2.71. The summed E-state index contributed by atoms with van der Waals surface area (Å²) >= 11 is 1.62. The minimum Gasteiger partial charge on any atom is -0.420 e. The Morgan fingerprint density at radius 2 is 1.94 bits per heavy atom. The fraction of sp³-hybridized carbons (Fsp3) is 0.0769. The number of hydrogen-bond acceptors (Lipinski definition) is 4. The third-order valence-corrected chi connectivity index (χ3v) is 3.12. The first-order valence-electron chi connectivity index (χ1n) is 5.31. The number of aromatic nitrogens is 2. The fourth-order valence-electron chi connectivity index (χ4n) is 1.60. The van der Waals surface area contributed by atoms with Gasteiger partial charge >= 0.3 is 0 Å². The van der Waals surface area contributed by atoms with Gasteiger partial charge in [0.25, 0.3) is 0 Å². The molecular weight excluding hydrogens is 232 g/mol. The SMILES string of the molecule is c1ccc(Cc2nnc(-c3ccsc3)o2)cc1. The van der Waals surface area contributed by atoms with Gasteiger partial charge in [-0.15, -0.1) is 10.2 Å². The average molecular weight is 242 g/mol. The van der Waals surface area contributed by atoms with Crippen molar-refractivity contribution >= 4 is 11.3 Å². The smallest absolute Gasteiger partial charge is 0.248 e. The quantitative estimate of drug-likeness (QED) is 0.706. The van der Waals surface area contributed by atoms with Gasteiger partial charge in [0.15, 0.2) is 0 Å². The number of hydrogen-bond donors (Lipinski definition) is 0. The normalized spacial score (nSPS) is 10.6. The Balaban J connectivity index is 1.82. The van der Waals surface area contributed by atoms with Gasteiger partial charge in [-0.25, -0.2) is 0 Å². The summed E-state index contributed by atoms with van der Waals surface area (Å²) in [5.74, 6) is 1.24. The lowest BCUT2D eigenvalue weighted by Crippen LogP contribution is -1.87. The molecule has 0 aliphatic heterocycles. The van der Waals surface area contributed by atoms with E-state index in [4.69, 9.17) is 4.42 Å². The predicted octanol–water partition coefficient (Wildman–Crippen LogP) is 3.39. The van der Waals surface area contributed by atoms with Crippen molar-refractivity contribution in [2.45, 2.75) is 6.42 Å². The largest absolute Gasteiger partial charge is 0.420 e. The Hall–Kier alpha value is -1.94. The number of rotatable bonds is 3. The van der Waals surface area contributed by atoms with Crippen LogP contribution in [-0.4, -0.2) is 10.2 Å².